The van der Waals surface area contributed by atoms with Gasteiger partial charge in [0.1, 0.15) is 6.17 Å². The molecule has 0 saturated heterocycles. The first-order chi connectivity index (χ1) is 9.91. The average molecular weight is 274 g/mol. The van der Waals surface area contributed by atoms with Gasteiger partial charge in [-0.15, -0.1) is 0 Å². The molecule has 8 nitrogen and oxygen atoms in total. The zero-order chi connectivity index (χ0) is 13.4. The fraction of sp³-hybridized carbons (Fsp3) is 0.333. The maximum Gasteiger partial charge on any atom is 0.221 e. The summed E-state index contributed by atoms with van der Waals surface area (Å²) in [6.07, 6.45) is 16.3. The summed E-state index contributed by atoms with van der Waals surface area (Å²) in [5.74, 6) is -0.482. The van der Waals surface area contributed by atoms with Crippen molar-refractivity contribution >= 4 is 0 Å². The minimum atomic E-state index is -0.482. The molecule has 4 rings (SSSR count). The van der Waals surface area contributed by atoms with E-state index < -0.39 is 5.79 Å². The van der Waals surface area contributed by atoms with E-state index in [1.165, 1.54) is 0 Å². The number of rotatable bonds is 3. The third-order valence-electron chi connectivity index (χ3n) is 3.77. The highest BCUT2D eigenvalue weighted by Gasteiger charge is 2.51. The topological polar surface area (TPSA) is 69.9 Å². The summed E-state index contributed by atoms with van der Waals surface area (Å²) in [5.41, 5.74) is 16.2. The van der Waals surface area contributed by atoms with E-state index in [0.29, 0.717) is 0 Å². The molecule has 5 N–H and O–H groups in total. The highest BCUT2D eigenvalue weighted by molar-refractivity contribution is 5.18. The summed E-state index contributed by atoms with van der Waals surface area (Å²) < 4.78 is 0. The smallest absolute Gasteiger partial charge is 0.221 e. The fourth-order valence-corrected chi connectivity index (χ4v) is 2.88. The standard InChI is InChI=1S/C12H18N8/c1-5-14-18(9-1)12(19-10-2-6-15-19)4-8-16-20(12)11-3-7-13-17-11/h1-5,7-8,10-11,13-17H,6,9H2. The van der Waals surface area contributed by atoms with E-state index in [1.807, 2.05) is 18.6 Å². The van der Waals surface area contributed by atoms with Gasteiger partial charge in [-0.2, -0.15) is 10.0 Å². The summed E-state index contributed by atoms with van der Waals surface area (Å²) in [4.78, 5) is 0. The molecule has 106 valence electrons. The Morgan fingerprint density at radius 3 is 2.80 bits per heavy atom. The third kappa shape index (κ3) is 1.56. The van der Waals surface area contributed by atoms with Gasteiger partial charge in [-0.25, -0.2) is 10.9 Å². The molecule has 0 spiro atoms. The van der Waals surface area contributed by atoms with Crippen LogP contribution in [0.5, 0.6) is 0 Å². The van der Waals surface area contributed by atoms with Crippen LogP contribution in [0.3, 0.4) is 0 Å². The van der Waals surface area contributed by atoms with Gasteiger partial charge in [-0.05, 0) is 12.2 Å². The summed E-state index contributed by atoms with van der Waals surface area (Å²) >= 11 is 0. The van der Waals surface area contributed by atoms with Crippen LogP contribution in [0.15, 0.2) is 49.1 Å². The van der Waals surface area contributed by atoms with Gasteiger partial charge in [0, 0.05) is 37.9 Å². The Morgan fingerprint density at radius 2 is 2.10 bits per heavy atom. The molecule has 0 radical (unpaired) electrons. The first-order valence-corrected chi connectivity index (χ1v) is 6.70. The molecule has 4 heterocycles. The van der Waals surface area contributed by atoms with Gasteiger partial charge in [0.05, 0.1) is 0 Å². The predicted molar refractivity (Wildman–Crippen MR) is 74.0 cm³/mol. The highest BCUT2D eigenvalue weighted by atomic mass is 15.8. The van der Waals surface area contributed by atoms with E-state index >= 15 is 0 Å². The SMILES string of the molecule is C1=CN(C2(N3CC=CN3)C=CNN2C2C=CNN2)NC1. The van der Waals surface area contributed by atoms with E-state index in [4.69, 9.17) is 0 Å². The lowest BCUT2D eigenvalue weighted by atomic mass is 10.2. The number of hydrogen-bond acceptors (Lipinski definition) is 8. The Morgan fingerprint density at radius 1 is 1.10 bits per heavy atom. The van der Waals surface area contributed by atoms with Crippen LogP contribution < -0.4 is 27.1 Å². The molecule has 0 aromatic carbocycles. The monoisotopic (exact) mass is 274 g/mol. The molecule has 0 bridgehead atoms. The zero-order valence-electron chi connectivity index (χ0n) is 11.0. The van der Waals surface area contributed by atoms with Gasteiger partial charge < -0.3 is 16.3 Å². The van der Waals surface area contributed by atoms with Gasteiger partial charge in [0.25, 0.3) is 0 Å². The van der Waals surface area contributed by atoms with Gasteiger partial charge in [0.15, 0.2) is 0 Å². The van der Waals surface area contributed by atoms with Crippen molar-refractivity contribution in [2.24, 2.45) is 0 Å². The van der Waals surface area contributed by atoms with Crippen LogP contribution in [0.2, 0.25) is 0 Å². The van der Waals surface area contributed by atoms with Gasteiger partial charge in [-0.3, -0.25) is 5.01 Å². The Labute approximate surface area is 117 Å². The molecule has 0 aromatic heterocycles. The van der Waals surface area contributed by atoms with E-state index in [2.05, 4.69) is 72.7 Å². The van der Waals surface area contributed by atoms with Crippen LogP contribution in [0, 0.1) is 0 Å². The van der Waals surface area contributed by atoms with Crippen LogP contribution in [-0.2, 0) is 0 Å². The predicted octanol–water partition coefficient (Wildman–Crippen LogP) is -1.41. The Hall–Kier alpha value is -2.00. The molecule has 0 amide bonds. The molecule has 20 heavy (non-hydrogen) atoms. The first-order valence-electron chi connectivity index (χ1n) is 6.70. The van der Waals surface area contributed by atoms with Crippen molar-refractivity contribution in [3.05, 3.63) is 49.1 Å². The number of nitrogens with one attached hydrogen (secondary N) is 5. The Kier molecular flexibility index (Phi) is 2.67. The van der Waals surface area contributed by atoms with Crippen LogP contribution in [0.25, 0.3) is 0 Å². The molecule has 2 unspecified atom stereocenters. The first kappa shape index (κ1) is 11.8. The van der Waals surface area contributed by atoms with E-state index in [0.717, 1.165) is 13.1 Å². The highest BCUT2D eigenvalue weighted by Crippen LogP contribution is 2.31. The van der Waals surface area contributed by atoms with Crippen LogP contribution in [0.4, 0.5) is 0 Å². The lowest BCUT2D eigenvalue weighted by Crippen LogP contribution is -2.74. The lowest BCUT2D eigenvalue weighted by molar-refractivity contribution is -0.158. The second-order valence-corrected chi connectivity index (χ2v) is 4.87. The molecule has 8 heteroatoms. The van der Waals surface area contributed by atoms with Crippen LogP contribution >= 0.6 is 0 Å². The maximum atomic E-state index is 3.38. The summed E-state index contributed by atoms with van der Waals surface area (Å²) in [7, 11) is 0. The van der Waals surface area contributed by atoms with Crippen molar-refractivity contribution in [3.8, 4) is 0 Å². The van der Waals surface area contributed by atoms with Gasteiger partial charge in [0.2, 0.25) is 5.79 Å². The molecule has 4 aliphatic heterocycles. The molecular weight excluding hydrogens is 256 g/mol. The summed E-state index contributed by atoms with van der Waals surface area (Å²) in [6, 6.07) is 0. The van der Waals surface area contributed by atoms with Crippen molar-refractivity contribution in [3.63, 3.8) is 0 Å². The van der Waals surface area contributed by atoms with Crippen molar-refractivity contribution in [2.75, 3.05) is 13.1 Å². The zero-order valence-corrected chi connectivity index (χ0v) is 11.0. The largest absolute Gasteiger partial charge is 0.327 e. The van der Waals surface area contributed by atoms with Crippen molar-refractivity contribution in [1.82, 2.24) is 42.2 Å². The van der Waals surface area contributed by atoms with Crippen LogP contribution in [0.1, 0.15) is 0 Å². The Bertz CT molecular complexity index is 490. The molecular formula is C12H18N8. The minimum absolute atomic E-state index is 0.0307. The maximum absolute atomic E-state index is 3.38. The number of nitrogens with zero attached hydrogens (tertiary/aromatic N) is 3. The van der Waals surface area contributed by atoms with E-state index in [1.54, 1.807) is 0 Å². The molecule has 2 atom stereocenters. The minimum Gasteiger partial charge on any atom is -0.327 e. The molecule has 0 saturated carbocycles. The normalized spacial score (nSPS) is 35.8. The average Bonchev–Trinajstić information content (AvgIpc) is 3.23. The third-order valence-corrected chi connectivity index (χ3v) is 3.77. The van der Waals surface area contributed by atoms with Crippen molar-refractivity contribution in [2.45, 2.75) is 12.0 Å². The Balaban J connectivity index is 1.70. The number of hydrogen-bond donors (Lipinski definition) is 5. The van der Waals surface area contributed by atoms with Crippen LogP contribution in [-0.4, -0.2) is 40.1 Å². The van der Waals surface area contributed by atoms with Crippen molar-refractivity contribution < 1.29 is 0 Å². The van der Waals surface area contributed by atoms with E-state index in [9.17, 15) is 0 Å². The fourth-order valence-electron chi connectivity index (χ4n) is 2.88. The molecule has 0 aliphatic carbocycles. The second-order valence-electron chi connectivity index (χ2n) is 4.87. The van der Waals surface area contributed by atoms with Crippen molar-refractivity contribution in [1.29, 1.82) is 0 Å². The second kappa shape index (κ2) is 4.53. The molecule has 0 fully saturated rings. The number of hydrazine groups is 4. The molecule has 0 aromatic rings. The summed E-state index contributed by atoms with van der Waals surface area (Å²) in [6.45, 7) is 1.65. The lowest BCUT2D eigenvalue weighted by Gasteiger charge is -2.49. The van der Waals surface area contributed by atoms with Gasteiger partial charge >= 0.3 is 0 Å². The summed E-state index contributed by atoms with van der Waals surface area (Å²) in [5, 5.41) is 6.38. The molecule has 4 aliphatic rings. The quantitative estimate of drug-likeness (QED) is 0.430. The van der Waals surface area contributed by atoms with E-state index in [-0.39, 0.29) is 6.17 Å². The van der Waals surface area contributed by atoms with Gasteiger partial charge in [-0.1, -0.05) is 12.2 Å².